The first-order valence-corrected chi connectivity index (χ1v) is 8.57. The lowest BCUT2D eigenvalue weighted by molar-refractivity contribution is 0.627. The minimum Gasteiger partial charge on any atom is -0.382 e. The topological polar surface area (TPSA) is 69.6 Å². The molecule has 0 unspecified atom stereocenters. The van der Waals surface area contributed by atoms with Gasteiger partial charge in [0.15, 0.2) is 11.5 Å². The number of hydrogen-bond acceptors (Lipinski definition) is 5. The molecule has 5 nitrogen and oxygen atoms in total. The van der Waals surface area contributed by atoms with E-state index in [1.165, 1.54) is 28.2 Å². The number of rotatable bonds is 3. The molecule has 2 heterocycles. The van der Waals surface area contributed by atoms with Gasteiger partial charge in [-0.1, -0.05) is 35.0 Å². The molecule has 0 saturated carbocycles. The van der Waals surface area contributed by atoms with Crippen LogP contribution >= 0.6 is 22.9 Å². The average molecular weight is 372 g/mol. The number of nitrogens with two attached hydrogens (primary N) is 1. The average Bonchev–Trinajstić information content (AvgIpc) is 3.23. The van der Waals surface area contributed by atoms with Crippen molar-refractivity contribution in [1.82, 2.24) is 20.0 Å². The molecule has 8 heteroatoms. The quantitative estimate of drug-likeness (QED) is 0.578. The van der Waals surface area contributed by atoms with Crippen molar-refractivity contribution in [3.63, 3.8) is 0 Å². The third kappa shape index (κ3) is 2.88. The maximum atomic E-state index is 13.1. The van der Waals surface area contributed by atoms with E-state index in [-0.39, 0.29) is 5.82 Å². The molecule has 4 rings (SSSR count). The lowest BCUT2D eigenvalue weighted by atomic mass is 10.2. The van der Waals surface area contributed by atoms with Crippen molar-refractivity contribution in [2.45, 2.75) is 0 Å². The number of nitrogens with zero attached hydrogens (tertiary/aromatic N) is 4. The first-order valence-electron chi connectivity index (χ1n) is 7.31. The Bertz CT molecular complexity index is 1040. The van der Waals surface area contributed by atoms with Crippen molar-refractivity contribution < 1.29 is 4.39 Å². The molecule has 124 valence electrons. The van der Waals surface area contributed by atoms with Crippen molar-refractivity contribution >= 4 is 28.8 Å². The number of thiazole rings is 1. The van der Waals surface area contributed by atoms with Gasteiger partial charge >= 0.3 is 0 Å². The van der Waals surface area contributed by atoms with Crippen LogP contribution in [0.2, 0.25) is 5.02 Å². The molecule has 0 spiro atoms. The van der Waals surface area contributed by atoms with E-state index in [9.17, 15) is 4.39 Å². The second-order valence-corrected chi connectivity index (χ2v) is 6.49. The van der Waals surface area contributed by atoms with Crippen molar-refractivity contribution in [2.75, 3.05) is 5.73 Å². The molecule has 4 aromatic rings. The normalized spacial score (nSPS) is 11.0. The van der Waals surface area contributed by atoms with E-state index in [1.807, 2.05) is 29.6 Å². The van der Waals surface area contributed by atoms with Crippen LogP contribution in [0.4, 0.5) is 10.2 Å². The molecule has 0 radical (unpaired) electrons. The highest BCUT2D eigenvalue weighted by atomic mass is 35.5. The Balaban J connectivity index is 1.72. The fraction of sp³-hybridized carbons (Fsp3) is 0. The largest absolute Gasteiger partial charge is 0.382 e. The summed E-state index contributed by atoms with van der Waals surface area (Å²) >= 11 is 7.63. The van der Waals surface area contributed by atoms with Gasteiger partial charge in [0.1, 0.15) is 10.8 Å². The van der Waals surface area contributed by atoms with Gasteiger partial charge in [-0.3, -0.25) is 0 Å². The first kappa shape index (κ1) is 15.7. The maximum Gasteiger partial charge on any atom is 0.165 e. The van der Waals surface area contributed by atoms with Crippen LogP contribution in [-0.4, -0.2) is 20.0 Å². The monoisotopic (exact) mass is 371 g/mol. The van der Waals surface area contributed by atoms with E-state index in [0.29, 0.717) is 27.2 Å². The molecular weight excluding hydrogens is 361 g/mol. The van der Waals surface area contributed by atoms with Crippen molar-refractivity contribution in [2.24, 2.45) is 0 Å². The van der Waals surface area contributed by atoms with Gasteiger partial charge in [-0.25, -0.2) is 9.37 Å². The number of halogens is 2. The lowest BCUT2D eigenvalue weighted by Gasteiger charge is -2.02. The zero-order valence-corrected chi connectivity index (χ0v) is 14.3. The summed E-state index contributed by atoms with van der Waals surface area (Å²) in [7, 11) is 0. The van der Waals surface area contributed by atoms with Crippen LogP contribution < -0.4 is 5.73 Å². The number of anilines is 1. The second kappa shape index (κ2) is 6.27. The standard InChI is InChI=1S/C17H11ClFN5S/c18-13-4-2-1-3-12(13)14-9-25-17(21-14)15-16(20)24(23-22-15)11-7-5-10(19)6-8-11/h1-9H,20H2. The zero-order valence-electron chi connectivity index (χ0n) is 12.7. The Hall–Kier alpha value is -2.77. The van der Waals surface area contributed by atoms with Crippen molar-refractivity contribution in [3.05, 3.63) is 64.8 Å². The molecule has 2 N–H and O–H groups in total. The second-order valence-electron chi connectivity index (χ2n) is 5.23. The first-order chi connectivity index (χ1) is 12.1. The van der Waals surface area contributed by atoms with E-state index < -0.39 is 0 Å². The Labute approximate surface area is 151 Å². The molecule has 2 aromatic heterocycles. The highest BCUT2D eigenvalue weighted by Crippen LogP contribution is 2.34. The molecule has 0 amide bonds. The van der Waals surface area contributed by atoms with E-state index in [0.717, 1.165) is 11.3 Å². The Morgan fingerprint density at radius 2 is 1.84 bits per heavy atom. The van der Waals surface area contributed by atoms with Crippen molar-refractivity contribution in [1.29, 1.82) is 0 Å². The number of aromatic nitrogens is 4. The molecule has 0 bridgehead atoms. The van der Waals surface area contributed by atoms with Crippen LogP contribution in [0.1, 0.15) is 0 Å². The summed E-state index contributed by atoms with van der Waals surface area (Å²) in [5.41, 5.74) is 8.87. The molecule has 25 heavy (non-hydrogen) atoms. The molecule has 0 saturated heterocycles. The van der Waals surface area contributed by atoms with Crippen LogP contribution in [0.15, 0.2) is 53.9 Å². The van der Waals surface area contributed by atoms with Crippen LogP contribution in [0, 0.1) is 5.82 Å². The van der Waals surface area contributed by atoms with Gasteiger partial charge in [-0.15, -0.1) is 16.4 Å². The van der Waals surface area contributed by atoms with Crippen molar-refractivity contribution in [3.8, 4) is 27.6 Å². The summed E-state index contributed by atoms with van der Waals surface area (Å²) in [6.07, 6.45) is 0. The fourth-order valence-electron chi connectivity index (χ4n) is 2.39. The number of nitrogen functional groups attached to an aromatic ring is 1. The smallest absolute Gasteiger partial charge is 0.165 e. The van der Waals surface area contributed by atoms with Gasteiger partial charge in [0.2, 0.25) is 0 Å². The van der Waals surface area contributed by atoms with Gasteiger partial charge in [-0.05, 0) is 30.3 Å². The van der Waals surface area contributed by atoms with Gasteiger partial charge in [0.25, 0.3) is 0 Å². The van der Waals surface area contributed by atoms with Crippen LogP contribution in [0.3, 0.4) is 0 Å². The van der Waals surface area contributed by atoms with E-state index in [4.69, 9.17) is 17.3 Å². The highest BCUT2D eigenvalue weighted by Gasteiger charge is 2.17. The van der Waals surface area contributed by atoms with Crippen LogP contribution in [0.5, 0.6) is 0 Å². The molecule has 0 aliphatic carbocycles. The van der Waals surface area contributed by atoms with Gasteiger partial charge < -0.3 is 5.73 Å². The van der Waals surface area contributed by atoms with E-state index in [1.54, 1.807) is 12.1 Å². The Morgan fingerprint density at radius 3 is 2.60 bits per heavy atom. The lowest BCUT2D eigenvalue weighted by Crippen LogP contribution is -2.02. The summed E-state index contributed by atoms with van der Waals surface area (Å²) in [6, 6.07) is 13.3. The molecule has 0 aliphatic heterocycles. The predicted octanol–water partition coefficient (Wildman–Crippen LogP) is 4.43. The minimum atomic E-state index is -0.327. The third-order valence-electron chi connectivity index (χ3n) is 3.63. The van der Waals surface area contributed by atoms with Crippen LogP contribution in [0.25, 0.3) is 27.6 Å². The predicted molar refractivity (Wildman–Crippen MR) is 97.3 cm³/mol. The van der Waals surface area contributed by atoms with Gasteiger partial charge in [0.05, 0.1) is 11.4 Å². The minimum absolute atomic E-state index is 0.327. The fourth-order valence-corrected chi connectivity index (χ4v) is 3.43. The summed E-state index contributed by atoms with van der Waals surface area (Å²) < 4.78 is 14.5. The molecular formula is C17H11ClFN5S. The SMILES string of the molecule is Nc1c(-c2nc(-c3ccccc3Cl)cs2)nnn1-c1ccc(F)cc1. The number of hydrogen-bond donors (Lipinski definition) is 1. The van der Waals surface area contributed by atoms with Gasteiger partial charge in [-0.2, -0.15) is 4.68 Å². The summed E-state index contributed by atoms with van der Waals surface area (Å²) in [5.74, 6) is 0.0126. The maximum absolute atomic E-state index is 13.1. The van der Waals surface area contributed by atoms with Crippen LogP contribution in [-0.2, 0) is 0 Å². The van der Waals surface area contributed by atoms with E-state index in [2.05, 4.69) is 15.3 Å². The van der Waals surface area contributed by atoms with Gasteiger partial charge in [0, 0.05) is 16.0 Å². The summed E-state index contributed by atoms with van der Waals surface area (Å²) in [5, 5.41) is 11.3. The summed E-state index contributed by atoms with van der Waals surface area (Å²) in [4.78, 5) is 4.57. The zero-order chi connectivity index (χ0) is 17.4. The Kier molecular flexibility index (Phi) is 3.95. The molecule has 0 atom stereocenters. The van der Waals surface area contributed by atoms with E-state index >= 15 is 0 Å². The molecule has 2 aromatic carbocycles. The summed E-state index contributed by atoms with van der Waals surface area (Å²) in [6.45, 7) is 0. The Morgan fingerprint density at radius 1 is 1.08 bits per heavy atom. The number of benzene rings is 2. The highest BCUT2D eigenvalue weighted by molar-refractivity contribution is 7.13. The molecule has 0 aliphatic rings. The molecule has 0 fully saturated rings. The third-order valence-corrected chi connectivity index (χ3v) is 4.81.